The molecule has 0 amide bonds. The van der Waals surface area contributed by atoms with Crippen molar-refractivity contribution in [3.05, 3.63) is 252 Å². The Hall–Kier alpha value is -8.08. The summed E-state index contributed by atoms with van der Waals surface area (Å²) in [6, 6.07) is 78.6. The molecule has 0 bridgehead atoms. The molecule has 3 heterocycles. The summed E-state index contributed by atoms with van der Waals surface area (Å²) >= 11 is 0. The molecular weight excluding hydrogens is 743 g/mol. The Morgan fingerprint density at radius 1 is 0.393 bits per heavy atom. The maximum atomic E-state index is 6.51. The fraction of sp³-hybridized carbons (Fsp3) is 0.0175. The van der Waals surface area contributed by atoms with E-state index >= 15 is 0 Å². The zero-order valence-electron chi connectivity index (χ0n) is 33.2. The molecule has 61 heavy (non-hydrogen) atoms. The van der Waals surface area contributed by atoms with Crippen molar-refractivity contribution in [2.45, 2.75) is 6.04 Å². The Balaban J connectivity index is 1.13. The molecule has 4 heteroatoms. The molecule has 288 valence electrons. The highest BCUT2D eigenvalue weighted by molar-refractivity contribution is 6.24. The lowest BCUT2D eigenvalue weighted by Crippen LogP contribution is -2.27. The van der Waals surface area contributed by atoms with E-state index in [1.807, 2.05) is 30.3 Å². The quantitative estimate of drug-likeness (QED) is 0.167. The molecule has 1 aliphatic heterocycles. The Morgan fingerprint density at radius 3 is 1.61 bits per heavy atom. The van der Waals surface area contributed by atoms with E-state index in [1.54, 1.807) is 0 Å². The van der Waals surface area contributed by atoms with Crippen molar-refractivity contribution in [3.8, 4) is 33.9 Å². The van der Waals surface area contributed by atoms with Crippen LogP contribution in [0.5, 0.6) is 0 Å². The summed E-state index contributed by atoms with van der Waals surface area (Å²) in [5.41, 5.74) is 16.5. The van der Waals surface area contributed by atoms with Crippen LogP contribution in [-0.2, 0) is 0 Å². The predicted octanol–water partition coefficient (Wildman–Crippen LogP) is 14.2. The van der Waals surface area contributed by atoms with Gasteiger partial charge >= 0.3 is 0 Å². The van der Waals surface area contributed by atoms with Crippen LogP contribution in [0.25, 0.3) is 78.3 Å². The zero-order valence-corrected chi connectivity index (χ0v) is 33.2. The predicted molar refractivity (Wildman–Crippen MR) is 251 cm³/mol. The van der Waals surface area contributed by atoms with E-state index in [0.717, 1.165) is 83.5 Å². The normalized spacial score (nSPS) is 14.1. The van der Waals surface area contributed by atoms with Gasteiger partial charge in [0.05, 0.1) is 23.1 Å². The summed E-state index contributed by atoms with van der Waals surface area (Å²) in [4.78, 5) is 10.5. The van der Waals surface area contributed by atoms with E-state index in [-0.39, 0.29) is 6.04 Å². The van der Waals surface area contributed by atoms with Crippen LogP contribution in [0.2, 0.25) is 0 Å². The van der Waals surface area contributed by atoms with Crippen LogP contribution in [0, 0.1) is 0 Å². The van der Waals surface area contributed by atoms with E-state index in [2.05, 4.69) is 199 Å². The number of rotatable bonds is 8. The maximum absolute atomic E-state index is 6.51. The first-order valence-electron chi connectivity index (χ1n) is 20.7. The third kappa shape index (κ3) is 6.70. The molecule has 4 nitrogen and oxygen atoms in total. The second-order valence-corrected chi connectivity index (χ2v) is 15.3. The lowest BCUT2D eigenvalue weighted by atomic mass is 9.77. The van der Waals surface area contributed by atoms with Gasteiger partial charge in [-0.3, -0.25) is 0 Å². The number of aromatic nitrogens is 2. The fourth-order valence-corrected chi connectivity index (χ4v) is 8.75. The molecule has 0 saturated heterocycles. The summed E-state index contributed by atoms with van der Waals surface area (Å²) in [6.07, 6.45) is 0. The van der Waals surface area contributed by atoms with Gasteiger partial charge in [0.1, 0.15) is 11.2 Å². The van der Waals surface area contributed by atoms with Crippen molar-refractivity contribution in [1.82, 2.24) is 15.3 Å². The minimum atomic E-state index is -0.129. The van der Waals surface area contributed by atoms with E-state index < -0.39 is 0 Å². The van der Waals surface area contributed by atoms with E-state index in [1.165, 1.54) is 16.7 Å². The average Bonchev–Trinajstić information content (AvgIpc) is 3.74. The molecule has 1 aliphatic rings. The summed E-state index contributed by atoms with van der Waals surface area (Å²) in [5, 5.41) is 6.23. The van der Waals surface area contributed by atoms with Crippen LogP contribution in [0.3, 0.4) is 0 Å². The molecule has 11 rings (SSSR count). The monoisotopic (exact) mass is 781 g/mol. The number of fused-ring (bicyclic) bond motifs is 3. The van der Waals surface area contributed by atoms with E-state index in [4.69, 9.17) is 14.4 Å². The lowest BCUT2D eigenvalue weighted by Gasteiger charge is -2.36. The van der Waals surface area contributed by atoms with Crippen LogP contribution < -0.4 is 5.32 Å². The van der Waals surface area contributed by atoms with Crippen molar-refractivity contribution >= 4 is 44.4 Å². The number of hydrogen-bond donors (Lipinski definition) is 1. The third-order valence-corrected chi connectivity index (χ3v) is 11.6. The van der Waals surface area contributed by atoms with Gasteiger partial charge in [-0.05, 0) is 57.2 Å². The number of allylic oxidation sites excluding steroid dienone is 2. The largest absolute Gasteiger partial charge is 0.455 e. The van der Waals surface area contributed by atoms with Crippen LogP contribution in [0.1, 0.15) is 33.9 Å². The molecule has 0 saturated carbocycles. The molecule has 10 aromatic rings. The van der Waals surface area contributed by atoms with Gasteiger partial charge in [-0.2, -0.15) is 0 Å². The van der Waals surface area contributed by atoms with Crippen molar-refractivity contribution in [1.29, 1.82) is 0 Å². The highest BCUT2D eigenvalue weighted by atomic mass is 16.3. The number of dihydropyridines is 1. The number of hydrogen-bond acceptors (Lipinski definition) is 4. The molecule has 0 spiro atoms. The van der Waals surface area contributed by atoms with Crippen LogP contribution in [0.4, 0.5) is 0 Å². The van der Waals surface area contributed by atoms with Gasteiger partial charge in [0.15, 0.2) is 5.82 Å². The van der Waals surface area contributed by atoms with Crippen molar-refractivity contribution in [2.75, 3.05) is 0 Å². The summed E-state index contributed by atoms with van der Waals surface area (Å²) in [7, 11) is 0. The van der Waals surface area contributed by atoms with Crippen molar-refractivity contribution in [2.24, 2.45) is 0 Å². The van der Waals surface area contributed by atoms with E-state index in [0.29, 0.717) is 5.82 Å². The van der Waals surface area contributed by atoms with Gasteiger partial charge in [0.2, 0.25) is 0 Å². The minimum absolute atomic E-state index is 0.129. The Kier molecular flexibility index (Phi) is 9.21. The summed E-state index contributed by atoms with van der Waals surface area (Å²) in [5.74, 6) is 0.643. The first-order chi connectivity index (χ1) is 30.3. The van der Waals surface area contributed by atoms with E-state index in [9.17, 15) is 0 Å². The molecule has 8 aromatic carbocycles. The fourth-order valence-electron chi connectivity index (χ4n) is 8.75. The highest BCUT2D eigenvalue weighted by Gasteiger charge is 2.33. The second-order valence-electron chi connectivity index (χ2n) is 15.3. The molecule has 1 N–H and O–H groups in total. The van der Waals surface area contributed by atoms with Crippen molar-refractivity contribution in [3.63, 3.8) is 0 Å². The summed E-state index contributed by atoms with van der Waals surface area (Å²) in [6.45, 7) is 0. The molecule has 1 unspecified atom stereocenters. The molecule has 2 aromatic heterocycles. The second kappa shape index (κ2) is 15.6. The number of nitrogens with one attached hydrogen (secondary N) is 1. The van der Waals surface area contributed by atoms with Crippen LogP contribution in [-0.4, -0.2) is 9.97 Å². The third-order valence-electron chi connectivity index (χ3n) is 11.6. The SMILES string of the molecule is c1ccc(C2=C(c3ccccc3)C(c3ccc(-c4nc(-c5ccccc5)cc(-c5cccc6c5oc5ccccc56)n4)cc3)=C(c3ccccc3)C(c3ccccc3)N2)cc1. The summed E-state index contributed by atoms with van der Waals surface area (Å²) < 4.78 is 6.51. The number of para-hydroxylation sites is 2. The van der Waals surface area contributed by atoms with Gasteiger partial charge in [0, 0.05) is 33.0 Å². The topological polar surface area (TPSA) is 51.0 Å². The maximum Gasteiger partial charge on any atom is 0.160 e. The minimum Gasteiger partial charge on any atom is -0.455 e. The standard InChI is InChI=1S/C57H39N3O/c1-6-19-38(20-7-1)48-37-49(47-31-18-30-46-45-29-16-17-32-50(45)61-56(46)47)59-57(58-48)44-35-33-41(34-36-44)51-52(39-21-8-2-9-22-39)54(42-25-12-4-13-26-42)60-55(43-27-14-5-15-28-43)53(51)40-23-10-3-11-24-40/h1-37,54,60H. The first kappa shape index (κ1) is 36.0. The first-order valence-corrected chi connectivity index (χ1v) is 20.7. The molecule has 0 aliphatic carbocycles. The average molecular weight is 782 g/mol. The van der Waals surface area contributed by atoms with Crippen molar-refractivity contribution < 1.29 is 4.42 Å². The van der Waals surface area contributed by atoms with Gasteiger partial charge in [-0.1, -0.05) is 206 Å². The van der Waals surface area contributed by atoms with Crippen LogP contribution in [0.15, 0.2) is 229 Å². The molecule has 0 radical (unpaired) electrons. The lowest BCUT2D eigenvalue weighted by molar-refractivity contribution is 0.670. The molecule has 1 atom stereocenters. The number of furan rings is 1. The van der Waals surface area contributed by atoms with Crippen LogP contribution >= 0.6 is 0 Å². The number of nitrogens with zero attached hydrogens (tertiary/aromatic N) is 2. The zero-order chi connectivity index (χ0) is 40.5. The highest BCUT2D eigenvalue weighted by Crippen LogP contribution is 2.50. The Morgan fingerprint density at radius 2 is 0.918 bits per heavy atom. The molecule has 0 fully saturated rings. The smallest absolute Gasteiger partial charge is 0.160 e. The van der Waals surface area contributed by atoms with Gasteiger partial charge in [0.25, 0.3) is 0 Å². The Labute approximate surface area is 354 Å². The van der Waals surface area contributed by atoms with Gasteiger partial charge in [-0.15, -0.1) is 0 Å². The van der Waals surface area contributed by atoms with Gasteiger partial charge < -0.3 is 9.73 Å². The number of benzene rings is 8. The Bertz CT molecular complexity index is 3230. The molecular formula is C57H39N3O. The van der Waals surface area contributed by atoms with Gasteiger partial charge in [-0.25, -0.2) is 9.97 Å².